The molecule has 1 saturated carbocycles. The van der Waals surface area contributed by atoms with Crippen molar-refractivity contribution >= 4 is 6.03 Å². The molecule has 154 valence electrons. The summed E-state index contributed by atoms with van der Waals surface area (Å²) in [7, 11) is 4.23. The van der Waals surface area contributed by atoms with Crippen molar-refractivity contribution in [2.45, 2.75) is 38.3 Å². The standard InChI is InChI=1S/C24H31N3O2/c1-27(2)22-12-18(13-22)16-26-24(28)25-15-17-5-7-19(8-6-17)20-9-10-23-21(14-20)4-3-11-29-23/h5-10,14,18,22H,3-4,11-13,15-16H2,1-2H3,(H2,25,26,28). The van der Waals surface area contributed by atoms with Crippen LogP contribution in [-0.4, -0.2) is 44.2 Å². The van der Waals surface area contributed by atoms with E-state index in [9.17, 15) is 4.79 Å². The maximum absolute atomic E-state index is 12.1. The summed E-state index contributed by atoms with van der Waals surface area (Å²) in [5.41, 5.74) is 4.79. The lowest BCUT2D eigenvalue weighted by atomic mass is 9.79. The molecule has 0 bridgehead atoms. The molecule has 1 aliphatic heterocycles. The molecule has 2 N–H and O–H groups in total. The first-order valence-electron chi connectivity index (χ1n) is 10.6. The van der Waals surface area contributed by atoms with Crippen molar-refractivity contribution in [1.29, 1.82) is 0 Å². The van der Waals surface area contributed by atoms with Crippen LogP contribution in [-0.2, 0) is 13.0 Å². The molecule has 0 radical (unpaired) electrons. The second kappa shape index (κ2) is 8.87. The van der Waals surface area contributed by atoms with Crippen LogP contribution in [0.25, 0.3) is 11.1 Å². The van der Waals surface area contributed by atoms with Gasteiger partial charge >= 0.3 is 6.03 Å². The minimum absolute atomic E-state index is 0.0860. The highest BCUT2D eigenvalue weighted by atomic mass is 16.5. The summed E-state index contributed by atoms with van der Waals surface area (Å²) in [5, 5.41) is 5.96. The van der Waals surface area contributed by atoms with E-state index in [4.69, 9.17) is 4.74 Å². The Morgan fingerprint density at radius 1 is 1.07 bits per heavy atom. The van der Waals surface area contributed by atoms with Gasteiger partial charge in [0.2, 0.25) is 0 Å². The van der Waals surface area contributed by atoms with Gasteiger partial charge in [-0.3, -0.25) is 0 Å². The number of nitrogens with one attached hydrogen (secondary N) is 2. The smallest absolute Gasteiger partial charge is 0.315 e. The fraction of sp³-hybridized carbons (Fsp3) is 0.458. The van der Waals surface area contributed by atoms with Crippen molar-refractivity contribution in [1.82, 2.24) is 15.5 Å². The second-order valence-corrected chi connectivity index (χ2v) is 8.49. The van der Waals surface area contributed by atoms with Crippen LogP contribution in [0.1, 0.15) is 30.4 Å². The Morgan fingerprint density at radius 2 is 1.83 bits per heavy atom. The third-order valence-electron chi connectivity index (χ3n) is 6.14. The number of carbonyl (C=O) groups is 1. The molecular formula is C24H31N3O2. The number of fused-ring (bicyclic) bond motifs is 1. The summed E-state index contributed by atoms with van der Waals surface area (Å²) < 4.78 is 5.70. The Bertz CT molecular complexity index is 842. The van der Waals surface area contributed by atoms with Crippen LogP contribution in [0, 0.1) is 5.92 Å². The lowest BCUT2D eigenvalue weighted by molar-refractivity contribution is 0.123. The highest BCUT2D eigenvalue weighted by Gasteiger charge is 2.30. The van der Waals surface area contributed by atoms with Gasteiger partial charge < -0.3 is 20.3 Å². The zero-order chi connectivity index (χ0) is 20.2. The molecule has 0 spiro atoms. The van der Waals surface area contributed by atoms with E-state index in [0.29, 0.717) is 18.5 Å². The zero-order valence-corrected chi connectivity index (χ0v) is 17.4. The third-order valence-corrected chi connectivity index (χ3v) is 6.14. The van der Waals surface area contributed by atoms with Crippen molar-refractivity contribution in [2.75, 3.05) is 27.2 Å². The first-order chi connectivity index (χ1) is 14.1. The normalized spacial score (nSPS) is 20.4. The van der Waals surface area contributed by atoms with Gasteiger partial charge in [-0.25, -0.2) is 4.79 Å². The van der Waals surface area contributed by atoms with Crippen molar-refractivity contribution in [2.24, 2.45) is 5.92 Å². The van der Waals surface area contributed by atoms with Crippen LogP contribution >= 0.6 is 0 Å². The molecule has 29 heavy (non-hydrogen) atoms. The maximum atomic E-state index is 12.1. The molecule has 4 rings (SSSR count). The van der Waals surface area contributed by atoms with Gasteiger partial charge in [0.25, 0.3) is 0 Å². The zero-order valence-electron chi connectivity index (χ0n) is 17.4. The van der Waals surface area contributed by atoms with E-state index in [0.717, 1.165) is 37.3 Å². The SMILES string of the molecule is CN(C)C1CC(CNC(=O)NCc2ccc(-c3ccc4c(c3)CCCO4)cc2)C1. The molecule has 1 fully saturated rings. The van der Waals surface area contributed by atoms with Gasteiger partial charge in [0.1, 0.15) is 5.75 Å². The van der Waals surface area contributed by atoms with Crippen LogP contribution in [0.15, 0.2) is 42.5 Å². The predicted molar refractivity (Wildman–Crippen MR) is 116 cm³/mol. The molecular weight excluding hydrogens is 362 g/mol. The topological polar surface area (TPSA) is 53.6 Å². The molecule has 0 aromatic heterocycles. The third kappa shape index (κ3) is 4.91. The Kier molecular flexibility index (Phi) is 6.05. The molecule has 2 aromatic rings. The van der Waals surface area contributed by atoms with Crippen LogP contribution in [0.4, 0.5) is 4.79 Å². The number of hydrogen-bond donors (Lipinski definition) is 2. The monoisotopic (exact) mass is 393 g/mol. The number of benzene rings is 2. The number of amides is 2. The molecule has 1 heterocycles. The summed E-state index contributed by atoms with van der Waals surface area (Å²) in [6, 6.07) is 15.4. The number of rotatable bonds is 6. The van der Waals surface area contributed by atoms with E-state index in [2.05, 4.69) is 72.1 Å². The molecule has 2 aromatic carbocycles. The van der Waals surface area contributed by atoms with Crippen LogP contribution in [0.3, 0.4) is 0 Å². The van der Waals surface area contributed by atoms with E-state index >= 15 is 0 Å². The first kappa shape index (κ1) is 19.8. The maximum Gasteiger partial charge on any atom is 0.315 e. The molecule has 5 heteroatoms. The Labute approximate surface area is 173 Å². The predicted octanol–water partition coefficient (Wildman–Crippen LogP) is 3.82. The van der Waals surface area contributed by atoms with E-state index < -0.39 is 0 Å². The minimum Gasteiger partial charge on any atom is -0.493 e. The molecule has 2 amide bonds. The van der Waals surface area contributed by atoms with Gasteiger partial charge in [-0.1, -0.05) is 30.3 Å². The van der Waals surface area contributed by atoms with E-state index in [-0.39, 0.29) is 6.03 Å². The number of urea groups is 1. The Hall–Kier alpha value is -2.53. The molecule has 1 aliphatic carbocycles. The first-order valence-corrected chi connectivity index (χ1v) is 10.6. The van der Waals surface area contributed by atoms with Crippen molar-refractivity contribution in [3.05, 3.63) is 53.6 Å². The largest absolute Gasteiger partial charge is 0.493 e. The number of nitrogens with zero attached hydrogens (tertiary/aromatic N) is 1. The summed E-state index contributed by atoms with van der Waals surface area (Å²) >= 11 is 0. The lowest BCUT2D eigenvalue weighted by Crippen LogP contribution is -2.46. The molecule has 0 saturated heterocycles. The molecule has 2 aliphatic rings. The summed E-state index contributed by atoms with van der Waals surface area (Å²) in [6.07, 6.45) is 4.50. The van der Waals surface area contributed by atoms with Gasteiger partial charge in [-0.05, 0) is 80.1 Å². The second-order valence-electron chi connectivity index (χ2n) is 8.49. The minimum atomic E-state index is -0.0860. The van der Waals surface area contributed by atoms with Crippen molar-refractivity contribution < 1.29 is 9.53 Å². The molecule has 0 unspecified atom stereocenters. The number of aryl methyl sites for hydroxylation is 1. The molecule has 5 nitrogen and oxygen atoms in total. The van der Waals surface area contributed by atoms with Gasteiger partial charge in [0.15, 0.2) is 0 Å². The lowest BCUT2D eigenvalue weighted by Gasteiger charge is -2.39. The quantitative estimate of drug-likeness (QED) is 0.785. The van der Waals surface area contributed by atoms with Gasteiger partial charge in [-0.15, -0.1) is 0 Å². The fourth-order valence-electron chi connectivity index (χ4n) is 4.13. The highest BCUT2D eigenvalue weighted by Crippen LogP contribution is 2.31. The highest BCUT2D eigenvalue weighted by molar-refractivity contribution is 5.74. The summed E-state index contributed by atoms with van der Waals surface area (Å²) in [4.78, 5) is 14.3. The van der Waals surface area contributed by atoms with Crippen molar-refractivity contribution in [3.63, 3.8) is 0 Å². The van der Waals surface area contributed by atoms with Crippen LogP contribution in [0.2, 0.25) is 0 Å². The van der Waals surface area contributed by atoms with E-state index in [1.165, 1.54) is 29.5 Å². The average molecular weight is 394 g/mol. The van der Waals surface area contributed by atoms with Gasteiger partial charge in [0.05, 0.1) is 6.61 Å². The Balaban J connectivity index is 1.24. The number of carbonyl (C=O) groups excluding carboxylic acids is 1. The Morgan fingerprint density at radius 3 is 2.59 bits per heavy atom. The van der Waals surface area contributed by atoms with Crippen LogP contribution in [0.5, 0.6) is 5.75 Å². The fourth-order valence-corrected chi connectivity index (χ4v) is 4.13. The van der Waals surface area contributed by atoms with E-state index in [1.54, 1.807) is 0 Å². The summed E-state index contributed by atoms with van der Waals surface area (Å²) in [6.45, 7) is 2.12. The summed E-state index contributed by atoms with van der Waals surface area (Å²) in [5.74, 6) is 1.63. The van der Waals surface area contributed by atoms with E-state index in [1.807, 2.05) is 0 Å². The van der Waals surface area contributed by atoms with Gasteiger partial charge in [0, 0.05) is 19.1 Å². The number of ether oxygens (including phenoxy) is 1. The van der Waals surface area contributed by atoms with Crippen molar-refractivity contribution in [3.8, 4) is 16.9 Å². The molecule has 0 atom stereocenters. The average Bonchev–Trinajstić information content (AvgIpc) is 2.71. The van der Waals surface area contributed by atoms with Crippen LogP contribution < -0.4 is 15.4 Å². The number of hydrogen-bond acceptors (Lipinski definition) is 3. The van der Waals surface area contributed by atoms with Gasteiger partial charge in [-0.2, -0.15) is 0 Å².